The molecule has 1 rings (SSSR count). The maximum Gasteiger partial charge on any atom is 0.226 e. The van der Waals surface area contributed by atoms with Crippen LogP contribution in [0.15, 0.2) is 25.4 Å². The molecule has 0 aliphatic carbocycles. The van der Waals surface area contributed by atoms with Crippen molar-refractivity contribution in [2.45, 2.75) is 12.8 Å². The van der Waals surface area contributed by atoms with E-state index in [1.165, 1.54) is 6.08 Å². The largest absolute Gasteiger partial charge is 0.320 e. The lowest BCUT2D eigenvalue weighted by atomic mass is 10.4. The van der Waals surface area contributed by atoms with Gasteiger partial charge in [-0.3, -0.25) is 9.59 Å². The van der Waals surface area contributed by atoms with Gasteiger partial charge in [-0.2, -0.15) is 0 Å². The molecule has 3 nitrogen and oxygen atoms in total. The van der Waals surface area contributed by atoms with E-state index in [0.717, 1.165) is 13.0 Å². The van der Waals surface area contributed by atoms with E-state index in [1.54, 1.807) is 11.1 Å². The lowest BCUT2D eigenvalue weighted by molar-refractivity contribution is -0.125. The van der Waals surface area contributed by atoms with E-state index in [-0.39, 0.29) is 5.91 Å². The Hall–Kier alpha value is -1.38. The number of allylic oxidation sites excluding steroid dienone is 1. The topological polar surface area (TPSA) is 37.4 Å². The highest BCUT2D eigenvalue weighted by Crippen LogP contribution is 2.08. The third-order valence-electron chi connectivity index (χ3n) is 1.43. The SMILES string of the molecule is C=CC=O.C=CN1CCCC1=O. The molecule has 0 bridgehead atoms. The normalized spacial score (nSPS) is 14.7. The Labute approximate surface area is 72.4 Å². The highest BCUT2D eigenvalue weighted by Gasteiger charge is 2.15. The molecule has 0 N–H and O–H groups in total. The number of hydrogen-bond donors (Lipinski definition) is 0. The first-order chi connectivity index (χ1) is 5.76. The lowest BCUT2D eigenvalue weighted by Crippen LogP contribution is -2.16. The van der Waals surface area contributed by atoms with Crippen molar-refractivity contribution < 1.29 is 9.59 Å². The third kappa shape index (κ3) is 3.71. The van der Waals surface area contributed by atoms with Crippen LogP contribution in [0.2, 0.25) is 0 Å². The van der Waals surface area contributed by atoms with Crippen molar-refractivity contribution in [3.8, 4) is 0 Å². The minimum absolute atomic E-state index is 0.208. The number of nitrogens with zero attached hydrogens (tertiary/aromatic N) is 1. The van der Waals surface area contributed by atoms with Gasteiger partial charge in [0.1, 0.15) is 6.29 Å². The Morgan fingerprint density at radius 2 is 2.00 bits per heavy atom. The van der Waals surface area contributed by atoms with Gasteiger partial charge in [-0.1, -0.05) is 13.2 Å². The van der Waals surface area contributed by atoms with Crippen molar-refractivity contribution in [2.24, 2.45) is 0 Å². The summed E-state index contributed by atoms with van der Waals surface area (Å²) in [5, 5.41) is 0. The molecule has 0 atom stereocenters. The Kier molecular flexibility index (Phi) is 5.61. The summed E-state index contributed by atoms with van der Waals surface area (Å²) in [5.41, 5.74) is 0. The molecule has 0 spiro atoms. The van der Waals surface area contributed by atoms with Crippen molar-refractivity contribution >= 4 is 12.2 Å². The molecule has 0 saturated carbocycles. The second-order valence-electron chi connectivity index (χ2n) is 2.25. The van der Waals surface area contributed by atoms with Crippen LogP contribution in [-0.4, -0.2) is 23.6 Å². The van der Waals surface area contributed by atoms with Gasteiger partial charge >= 0.3 is 0 Å². The van der Waals surface area contributed by atoms with Gasteiger partial charge < -0.3 is 4.90 Å². The van der Waals surface area contributed by atoms with Gasteiger partial charge in [-0.05, 0) is 18.7 Å². The van der Waals surface area contributed by atoms with Gasteiger partial charge in [0.15, 0.2) is 0 Å². The van der Waals surface area contributed by atoms with Crippen LogP contribution in [-0.2, 0) is 9.59 Å². The summed E-state index contributed by atoms with van der Waals surface area (Å²) in [6.07, 6.45) is 5.12. The molecule has 0 radical (unpaired) electrons. The lowest BCUT2D eigenvalue weighted by Gasteiger charge is -2.05. The number of rotatable bonds is 2. The molecule has 1 aliphatic heterocycles. The minimum Gasteiger partial charge on any atom is -0.320 e. The minimum atomic E-state index is 0.208. The second-order valence-corrected chi connectivity index (χ2v) is 2.25. The van der Waals surface area contributed by atoms with Crippen molar-refractivity contribution in [1.82, 2.24) is 4.90 Å². The van der Waals surface area contributed by atoms with E-state index in [4.69, 9.17) is 4.79 Å². The standard InChI is InChI=1S/C6H9NO.C3H4O/c1-2-7-5-3-4-6(7)8;1-2-3-4/h2H,1,3-5H2;2-3H,1H2. The smallest absolute Gasteiger partial charge is 0.226 e. The number of carbonyl (C=O) groups is 2. The fraction of sp³-hybridized carbons (Fsp3) is 0.333. The zero-order chi connectivity index (χ0) is 9.40. The van der Waals surface area contributed by atoms with Gasteiger partial charge in [0, 0.05) is 13.0 Å². The summed E-state index contributed by atoms with van der Waals surface area (Å²) in [6.45, 7) is 7.47. The monoisotopic (exact) mass is 167 g/mol. The predicted octanol–water partition coefficient (Wildman–Crippen LogP) is 1.12. The van der Waals surface area contributed by atoms with Crippen molar-refractivity contribution in [3.63, 3.8) is 0 Å². The van der Waals surface area contributed by atoms with E-state index >= 15 is 0 Å². The first kappa shape index (κ1) is 10.6. The number of hydrogen-bond acceptors (Lipinski definition) is 2. The molecule has 1 fully saturated rings. The van der Waals surface area contributed by atoms with Crippen LogP contribution < -0.4 is 0 Å². The highest BCUT2D eigenvalue weighted by molar-refractivity contribution is 5.78. The third-order valence-corrected chi connectivity index (χ3v) is 1.43. The Balaban J connectivity index is 0.000000261. The quantitative estimate of drug-likeness (QED) is 0.456. The van der Waals surface area contributed by atoms with Crippen LogP contribution >= 0.6 is 0 Å². The number of amides is 1. The van der Waals surface area contributed by atoms with Crippen LogP contribution in [0.4, 0.5) is 0 Å². The summed E-state index contributed by atoms with van der Waals surface area (Å²) in [7, 11) is 0. The van der Waals surface area contributed by atoms with Crippen LogP contribution in [0.3, 0.4) is 0 Å². The average molecular weight is 167 g/mol. The average Bonchev–Trinajstić information content (AvgIpc) is 2.51. The zero-order valence-corrected chi connectivity index (χ0v) is 7.03. The summed E-state index contributed by atoms with van der Waals surface area (Å²) in [4.78, 5) is 21.4. The van der Waals surface area contributed by atoms with Gasteiger partial charge in [0.05, 0.1) is 0 Å². The van der Waals surface area contributed by atoms with Crippen molar-refractivity contribution in [1.29, 1.82) is 0 Å². The molecule has 0 aromatic rings. The maximum absolute atomic E-state index is 10.7. The molecule has 12 heavy (non-hydrogen) atoms. The molecule has 66 valence electrons. The van der Waals surface area contributed by atoms with E-state index in [9.17, 15) is 4.79 Å². The molecule has 0 aromatic heterocycles. The molecule has 3 heteroatoms. The molecular weight excluding hydrogens is 154 g/mol. The maximum atomic E-state index is 10.7. The van der Waals surface area contributed by atoms with Crippen molar-refractivity contribution in [2.75, 3.05) is 6.54 Å². The van der Waals surface area contributed by atoms with Crippen LogP contribution in [0.1, 0.15) is 12.8 Å². The van der Waals surface area contributed by atoms with E-state index in [0.29, 0.717) is 12.7 Å². The van der Waals surface area contributed by atoms with E-state index in [1.807, 2.05) is 0 Å². The summed E-state index contributed by atoms with van der Waals surface area (Å²) in [5.74, 6) is 0.208. The highest BCUT2D eigenvalue weighted by atomic mass is 16.2. The molecule has 1 saturated heterocycles. The summed E-state index contributed by atoms with van der Waals surface area (Å²) < 4.78 is 0. The van der Waals surface area contributed by atoms with Gasteiger partial charge in [-0.25, -0.2) is 0 Å². The molecule has 1 amide bonds. The predicted molar refractivity (Wildman–Crippen MR) is 47.4 cm³/mol. The van der Waals surface area contributed by atoms with Gasteiger partial charge in [0.2, 0.25) is 5.91 Å². The van der Waals surface area contributed by atoms with Crippen molar-refractivity contribution in [3.05, 3.63) is 25.4 Å². The fourth-order valence-corrected chi connectivity index (χ4v) is 0.862. The fourth-order valence-electron chi connectivity index (χ4n) is 0.862. The first-order valence-corrected chi connectivity index (χ1v) is 3.74. The van der Waals surface area contributed by atoms with Crippen LogP contribution in [0, 0.1) is 0 Å². The number of aldehydes is 1. The Morgan fingerprint density at radius 3 is 2.17 bits per heavy atom. The van der Waals surface area contributed by atoms with E-state index in [2.05, 4.69) is 13.2 Å². The molecular formula is C9H13NO2. The second kappa shape index (κ2) is 6.34. The van der Waals surface area contributed by atoms with Crippen LogP contribution in [0.25, 0.3) is 0 Å². The molecule has 0 unspecified atom stereocenters. The summed E-state index contributed by atoms with van der Waals surface area (Å²) >= 11 is 0. The Morgan fingerprint density at radius 1 is 1.42 bits per heavy atom. The molecule has 0 aromatic carbocycles. The number of carbonyl (C=O) groups excluding carboxylic acids is 2. The zero-order valence-electron chi connectivity index (χ0n) is 7.03. The van der Waals surface area contributed by atoms with E-state index < -0.39 is 0 Å². The molecule has 1 aliphatic rings. The van der Waals surface area contributed by atoms with Crippen LogP contribution in [0.5, 0.6) is 0 Å². The molecule has 1 heterocycles. The summed E-state index contributed by atoms with van der Waals surface area (Å²) in [6, 6.07) is 0. The van der Waals surface area contributed by atoms with Gasteiger partial charge in [-0.15, -0.1) is 0 Å². The van der Waals surface area contributed by atoms with Gasteiger partial charge in [0.25, 0.3) is 0 Å². The first-order valence-electron chi connectivity index (χ1n) is 3.74. The Bertz CT molecular complexity index is 181. The number of likely N-dealkylation sites (tertiary alicyclic amines) is 1.